The minimum Gasteiger partial charge on any atom is -0.480 e. The molecule has 0 radical (unpaired) electrons. The Morgan fingerprint density at radius 2 is 1.12 bits per heavy atom. The van der Waals surface area contributed by atoms with Gasteiger partial charge in [0.15, 0.2) is 6.10 Å². The van der Waals surface area contributed by atoms with E-state index < -0.39 is 63.8 Å². The van der Waals surface area contributed by atoms with E-state index in [4.69, 9.17) is 24.8 Å². The fourth-order valence-corrected chi connectivity index (χ4v) is 5.66. The van der Waals surface area contributed by atoms with Gasteiger partial charge in [0.2, 0.25) is 0 Å². The molecule has 5 N–H and O–H groups in total. The first-order chi connectivity index (χ1) is 27.5. The van der Waals surface area contributed by atoms with Crippen LogP contribution in [0.5, 0.6) is 0 Å². The molecular weight excluding hydrogens is 749 g/mol. The number of carbonyl (C=O) groups excluding carboxylic acids is 2. The van der Waals surface area contributed by atoms with Gasteiger partial charge >= 0.3 is 25.7 Å². The SMILES string of the molecule is CCCCC/C=C\C/C=C\C/C=C\C=C\[C@@H](O)CCCC(=O)OC[C@H](COP(=O)(O)OC[C@H](N)C(=O)O)OC(=O)CCCC/C=C\C/C=C\C/C=C\CCCCC. The zero-order valence-corrected chi connectivity index (χ0v) is 35.4. The first-order valence-corrected chi connectivity index (χ1v) is 22.2. The number of aliphatic hydroxyl groups is 1. The quantitative estimate of drug-likeness (QED) is 0.0153. The summed E-state index contributed by atoms with van der Waals surface area (Å²) in [5.74, 6) is -2.67. The topological polar surface area (TPSA) is 192 Å². The Morgan fingerprint density at radius 1 is 0.632 bits per heavy atom. The van der Waals surface area contributed by atoms with E-state index in [-0.39, 0.29) is 12.8 Å². The molecule has 0 aliphatic heterocycles. The molecule has 4 atom stereocenters. The fraction of sp³-hybridized carbons (Fsp3) is 0.614. The Hall–Kier alpha value is -3.38. The summed E-state index contributed by atoms with van der Waals surface area (Å²) in [6.45, 7) is 2.48. The second-order valence-electron chi connectivity index (χ2n) is 13.6. The Labute approximate surface area is 342 Å². The highest BCUT2D eigenvalue weighted by atomic mass is 31.2. The van der Waals surface area contributed by atoms with E-state index in [9.17, 15) is 28.9 Å². The van der Waals surface area contributed by atoms with Crippen LogP contribution in [0.25, 0.3) is 0 Å². The maximum atomic E-state index is 12.6. The van der Waals surface area contributed by atoms with Gasteiger partial charge in [0.25, 0.3) is 0 Å². The molecular formula is C44H72NO11P. The first kappa shape index (κ1) is 53.6. The lowest BCUT2D eigenvalue weighted by molar-refractivity contribution is -0.161. The van der Waals surface area contributed by atoms with Crippen molar-refractivity contribution in [2.75, 3.05) is 19.8 Å². The molecule has 0 rings (SSSR count). The number of aliphatic carboxylic acids is 1. The summed E-state index contributed by atoms with van der Waals surface area (Å²) in [6.07, 6.45) is 42.6. The van der Waals surface area contributed by atoms with E-state index in [1.54, 1.807) is 12.2 Å². The van der Waals surface area contributed by atoms with E-state index >= 15 is 0 Å². The number of aliphatic hydroxyl groups excluding tert-OH is 1. The molecule has 12 nitrogen and oxygen atoms in total. The molecule has 0 saturated heterocycles. The van der Waals surface area contributed by atoms with Gasteiger partial charge in [-0.2, -0.15) is 0 Å². The van der Waals surface area contributed by atoms with Crippen molar-refractivity contribution >= 4 is 25.7 Å². The minimum absolute atomic E-state index is 0.0196. The number of phosphoric acid groups is 1. The number of hydrogen-bond acceptors (Lipinski definition) is 10. The molecule has 0 aliphatic rings. The molecule has 13 heteroatoms. The standard InChI is InChI=1S/C44H72NO11P/c1-3-5-7-9-11-13-15-17-18-20-22-24-26-28-30-34-43(48)56-40(37-54-57(51,52)55-38-41(45)44(49)50)36-53-42(47)35-31-33-39(46)32-29-27-25-23-21-19-16-14-12-10-8-6-4-2/h11-14,17-19,21-22,24-25,27,29,32,39-41,46H,3-10,15-16,20,23,26,28,30-31,33-38,45H2,1-2H3,(H,49,50)(H,51,52)/b13-11-,14-12-,18-17-,21-19-,24-22-,27-25-,32-29+/t39-,40-,41+/m1/s1. The molecule has 0 fully saturated rings. The molecule has 0 aromatic rings. The number of carboxylic acids is 1. The number of ether oxygens (including phenoxy) is 2. The van der Waals surface area contributed by atoms with Gasteiger partial charge in [-0.15, -0.1) is 0 Å². The van der Waals surface area contributed by atoms with E-state index in [1.807, 2.05) is 12.2 Å². The number of rotatable bonds is 37. The highest BCUT2D eigenvalue weighted by Crippen LogP contribution is 2.43. The highest BCUT2D eigenvalue weighted by Gasteiger charge is 2.28. The Kier molecular flexibility index (Phi) is 35.9. The molecule has 57 heavy (non-hydrogen) atoms. The molecule has 0 bridgehead atoms. The van der Waals surface area contributed by atoms with Crippen LogP contribution in [0, 0.1) is 0 Å². The van der Waals surface area contributed by atoms with Gasteiger partial charge in [0.1, 0.15) is 12.6 Å². The van der Waals surface area contributed by atoms with Crippen molar-refractivity contribution in [3.05, 3.63) is 85.1 Å². The molecule has 0 amide bonds. The van der Waals surface area contributed by atoms with E-state index in [0.29, 0.717) is 19.3 Å². The molecule has 1 unspecified atom stereocenters. The van der Waals surface area contributed by atoms with Crippen LogP contribution in [0.4, 0.5) is 0 Å². The minimum atomic E-state index is -4.78. The van der Waals surface area contributed by atoms with Gasteiger partial charge in [0, 0.05) is 12.8 Å². The maximum Gasteiger partial charge on any atom is 0.472 e. The van der Waals surface area contributed by atoms with Crippen LogP contribution >= 0.6 is 7.82 Å². The zero-order valence-electron chi connectivity index (χ0n) is 34.5. The molecule has 0 spiro atoms. The Bertz CT molecular complexity index is 1300. The number of hydrogen-bond donors (Lipinski definition) is 4. The van der Waals surface area contributed by atoms with Gasteiger partial charge in [0.05, 0.1) is 19.3 Å². The third-order valence-corrected chi connectivity index (χ3v) is 9.17. The summed E-state index contributed by atoms with van der Waals surface area (Å²) in [5, 5.41) is 19.1. The number of allylic oxidation sites excluding steroid dienone is 13. The number of nitrogens with two attached hydrogens (primary N) is 1. The fourth-order valence-electron chi connectivity index (χ4n) is 4.88. The summed E-state index contributed by atoms with van der Waals surface area (Å²) in [6, 6.07) is -1.56. The van der Waals surface area contributed by atoms with Crippen LogP contribution < -0.4 is 5.73 Å². The lowest BCUT2D eigenvalue weighted by Gasteiger charge is -2.20. The van der Waals surface area contributed by atoms with Gasteiger partial charge in [-0.05, 0) is 83.5 Å². The number of unbranched alkanes of at least 4 members (excludes halogenated alkanes) is 8. The number of carbonyl (C=O) groups is 3. The molecule has 0 aromatic carbocycles. The van der Waals surface area contributed by atoms with Crippen LogP contribution in [0.1, 0.15) is 136 Å². The monoisotopic (exact) mass is 821 g/mol. The summed E-state index contributed by atoms with van der Waals surface area (Å²) in [5.41, 5.74) is 5.31. The van der Waals surface area contributed by atoms with E-state index in [1.165, 1.54) is 38.5 Å². The van der Waals surface area contributed by atoms with Crippen LogP contribution in [-0.2, 0) is 37.5 Å². The summed E-state index contributed by atoms with van der Waals surface area (Å²) < 4.78 is 32.4. The van der Waals surface area contributed by atoms with Crippen molar-refractivity contribution in [1.82, 2.24) is 0 Å². The summed E-state index contributed by atoms with van der Waals surface area (Å²) in [4.78, 5) is 45.9. The molecule has 0 aromatic heterocycles. The third-order valence-electron chi connectivity index (χ3n) is 8.22. The Balaban J connectivity index is 4.68. The number of carboxylic acid groups (broad SMARTS) is 1. The largest absolute Gasteiger partial charge is 0.480 e. The summed E-state index contributed by atoms with van der Waals surface area (Å²) in [7, 11) is -4.78. The van der Waals surface area contributed by atoms with Gasteiger partial charge in [-0.25, -0.2) is 4.57 Å². The van der Waals surface area contributed by atoms with E-state index in [0.717, 1.165) is 51.4 Å². The predicted molar refractivity (Wildman–Crippen MR) is 227 cm³/mol. The lowest BCUT2D eigenvalue weighted by atomic mass is 10.1. The van der Waals surface area contributed by atoms with Crippen LogP contribution in [0.2, 0.25) is 0 Å². The van der Waals surface area contributed by atoms with Gasteiger partial charge < -0.3 is 30.3 Å². The van der Waals surface area contributed by atoms with Crippen molar-refractivity contribution in [2.24, 2.45) is 5.73 Å². The Morgan fingerprint density at radius 3 is 1.67 bits per heavy atom. The molecule has 324 valence electrons. The molecule has 0 heterocycles. The third kappa shape index (κ3) is 37.9. The van der Waals surface area contributed by atoms with Crippen LogP contribution in [0.3, 0.4) is 0 Å². The van der Waals surface area contributed by atoms with Crippen molar-refractivity contribution < 1.29 is 52.6 Å². The van der Waals surface area contributed by atoms with Crippen molar-refractivity contribution in [3.8, 4) is 0 Å². The number of esters is 2. The second kappa shape index (κ2) is 38.2. The van der Waals surface area contributed by atoms with Crippen LogP contribution in [-0.4, -0.2) is 71.1 Å². The van der Waals surface area contributed by atoms with Gasteiger partial charge in [-0.1, -0.05) is 125 Å². The average molecular weight is 822 g/mol. The molecule has 0 aliphatic carbocycles. The average Bonchev–Trinajstić information content (AvgIpc) is 3.18. The van der Waals surface area contributed by atoms with Crippen LogP contribution in [0.15, 0.2) is 85.1 Å². The maximum absolute atomic E-state index is 12.6. The highest BCUT2D eigenvalue weighted by molar-refractivity contribution is 7.47. The second-order valence-corrected chi connectivity index (χ2v) is 15.1. The molecule has 0 saturated carbocycles. The van der Waals surface area contributed by atoms with Crippen molar-refractivity contribution in [2.45, 2.75) is 154 Å². The van der Waals surface area contributed by atoms with Crippen molar-refractivity contribution in [1.29, 1.82) is 0 Å². The predicted octanol–water partition coefficient (Wildman–Crippen LogP) is 9.69. The smallest absolute Gasteiger partial charge is 0.472 e. The first-order valence-electron chi connectivity index (χ1n) is 20.7. The normalized spacial score (nSPS) is 15.2. The van der Waals surface area contributed by atoms with Gasteiger partial charge in [-0.3, -0.25) is 23.4 Å². The number of phosphoric ester groups is 1. The lowest BCUT2D eigenvalue weighted by Crippen LogP contribution is -2.34. The summed E-state index contributed by atoms with van der Waals surface area (Å²) >= 11 is 0. The van der Waals surface area contributed by atoms with Crippen molar-refractivity contribution in [3.63, 3.8) is 0 Å². The van der Waals surface area contributed by atoms with E-state index in [2.05, 4.69) is 79.1 Å². The zero-order chi connectivity index (χ0) is 42.2.